The molecule has 0 bridgehead atoms. The van der Waals surface area contributed by atoms with Crippen LogP contribution < -0.4 is 0 Å². The first-order valence-electron chi connectivity index (χ1n) is 7.53. The van der Waals surface area contributed by atoms with Crippen molar-refractivity contribution in [3.8, 4) is 0 Å². The number of aliphatic carboxylic acids is 1. The third kappa shape index (κ3) is 4.78. The molecule has 4 nitrogen and oxygen atoms in total. The fourth-order valence-corrected chi connectivity index (χ4v) is 4.30. The van der Waals surface area contributed by atoms with E-state index in [1.807, 2.05) is 30.3 Å². The molecule has 0 aliphatic carbocycles. The lowest BCUT2D eigenvalue weighted by molar-refractivity contribution is -0.138. The van der Waals surface area contributed by atoms with Crippen LogP contribution in [0.4, 0.5) is 0 Å². The van der Waals surface area contributed by atoms with Gasteiger partial charge in [0.25, 0.3) is 0 Å². The summed E-state index contributed by atoms with van der Waals surface area (Å²) in [7, 11) is -3.61. The Morgan fingerprint density at radius 1 is 1.04 bits per heavy atom. The molecule has 0 heterocycles. The molecule has 0 amide bonds. The molecule has 5 heteroatoms. The highest BCUT2D eigenvalue weighted by Gasteiger charge is 2.34. The van der Waals surface area contributed by atoms with Crippen LogP contribution in [0.2, 0.25) is 0 Å². The second-order valence-electron chi connectivity index (χ2n) is 5.78. The topological polar surface area (TPSA) is 74.6 Å². The molecule has 0 spiro atoms. The quantitative estimate of drug-likeness (QED) is 0.757. The standard InChI is InChI=1S/C18H21O4P/c1-14(12-15-8-4-2-5-9-15)23(21,22)13-17(18(19)20)16-10-6-3-7-11-16/h2-11,14,17H,12-13H2,1H3,(H,19,20)(H,21,22). The van der Waals surface area contributed by atoms with Gasteiger partial charge in [0.2, 0.25) is 7.37 Å². The fourth-order valence-electron chi connectivity index (χ4n) is 2.55. The van der Waals surface area contributed by atoms with Crippen LogP contribution in [0.5, 0.6) is 0 Å². The van der Waals surface area contributed by atoms with Crippen LogP contribution in [0.15, 0.2) is 60.7 Å². The monoisotopic (exact) mass is 332 g/mol. The van der Waals surface area contributed by atoms with Gasteiger partial charge < -0.3 is 10.00 Å². The van der Waals surface area contributed by atoms with Crippen molar-refractivity contribution in [1.29, 1.82) is 0 Å². The Labute approximate surface area is 136 Å². The third-order valence-electron chi connectivity index (χ3n) is 4.01. The summed E-state index contributed by atoms with van der Waals surface area (Å²) in [6.45, 7) is 1.71. The van der Waals surface area contributed by atoms with Crippen molar-refractivity contribution in [2.45, 2.75) is 24.9 Å². The van der Waals surface area contributed by atoms with Crippen molar-refractivity contribution in [2.24, 2.45) is 0 Å². The molecule has 0 saturated carbocycles. The van der Waals surface area contributed by atoms with E-state index in [4.69, 9.17) is 0 Å². The molecule has 3 atom stereocenters. The van der Waals surface area contributed by atoms with E-state index in [-0.39, 0.29) is 6.16 Å². The van der Waals surface area contributed by atoms with Gasteiger partial charge in [0.05, 0.1) is 5.92 Å². The average molecular weight is 332 g/mol. The van der Waals surface area contributed by atoms with Crippen molar-refractivity contribution in [3.63, 3.8) is 0 Å². The normalized spacial score (nSPS) is 16.3. The Morgan fingerprint density at radius 2 is 1.57 bits per heavy atom. The minimum atomic E-state index is -3.61. The van der Waals surface area contributed by atoms with Gasteiger partial charge in [-0.25, -0.2) is 0 Å². The van der Waals surface area contributed by atoms with E-state index in [1.54, 1.807) is 37.3 Å². The average Bonchev–Trinajstić information content (AvgIpc) is 2.54. The summed E-state index contributed by atoms with van der Waals surface area (Å²) in [6, 6.07) is 18.1. The highest BCUT2D eigenvalue weighted by Crippen LogP contribution is 2.50. The fraction of sp³-hybridized carbons (Fsp3) is 0.278. The van der Waals surface area contributed by atoms with Gasteiger partial charge in [-0.1, -0.05) is 67.6 Å². The van der Waals surface area contributed by atoms with Gasteiger partial charge in [0.1, 0.15) is 0 Å². The summed E-state index contributed by atoms with van der Waals surface area (Å²) in [5, 5.41) is 9.43. The van der Waals surface area contributed by atoms with Gasteiger partial charge in [-0.3, -0.25) is 9.36 Å². The highest BCUT2D eigenvalue weighted by molar-refractivity contribution is 7.58. The Morgan fingerprint density at radius 3 is 2.09 bits per heavy atom. The van der Waals surface area contributed by atoms with Gasteiger partial charge in [-0.15, -0.1) is 0 Å². The molecule has 2 N–H and O–H groups in total. The molecule has 0 saturated heterocycles. The Bertz CT molecular complexity index is 685. The van der Waals surface area contributed by atoms with Crippen LogP contribution in [0.25, 0.3) is 0 Å². The lowest BCUT2D eigenvalue weighted by atomic mass is 10.0. The van der Waals surface area contributed by atoms with Gasteiger partial charge in [0.15, 0.2) is 0 Å². The Balaban J connectivity index is 2.14. The lowest BCUT2D eigenvalue weighted by Gasteiger charge is -2.23. The van der Waals surface area contributed by atoms with E-state index in [9.17, 15) is 19.4 Å². The molecule has 23 heavy (non-hydrogen) atoms. The van der Waals surface area contributed by atoms with E-state index in [0.29, 0.717) is 12.0 Å². The van der Waals surface area contributed by atoms with Gasteiger partial charge in [-0.2, -0.15) is 0 Å². The predicted octanol–water partition coefficient (Wildman–Crippen LogP) is 3.76. The van der Waals surface area contributed by atoms with Gasteiger partial charge >= 0.3 is 5.97 Å². The van der Waals surface area contributed by atoms with Crippen molar-refractivity contribution >= 4 is 13.3 Å². The first-order valence-corrected chi connectivity index (χ1v) is 9.44. The van der Waals surface area contributed by atoms with Crippen molar-refractivity contribution in [3.05, 3.63) is 71.8 Å². The maximum atomic E-state index is 12.7. The maximum absolute atomic E-state index is 12.7. The van der Waals surface area contributed by atoms with Crippen LogP contribution in [0.1, 0.15) is 24.0 Å². The van der Waals surface area contributed by atoms with E-state index in [0.717, 1.165) is 5.56 Å². The molecule has 2 rings (SSSR count). The molecule has 0 radical (unpaired) electrons. The zero-order valence-corrected chi connectivity index (χ0v) is 13.9. The molecule has 0 fully saturated rings. The number of carboxylic acid groups (broad SMARTS) is 1. The summed E-state index contributed by atoms with van der Waals surface area (Å²) >= 11 is 0. The molecule has 3 unspecified atom stereocenters. The molecule has 2 aromatic carbocycles. The van der Waals surface area contributed by atoms with Crippen LogP contribution >= 0.6 is 7.37 Å². The minimum Gasteiger partial charge on any atom is -0.481 e. The van der Waals surface area contributed by atoms with Crippen LogP contribution in [-0.4, -0.2) is 27.8 Å². The molecule has 122 valence electrons. The van der Waals surface area contributed by atoms with E-state index < -0.39 is 24.9 Å². The predicted molar refractivity (Wildman–Crippen MR) is 91.1 cm³/mol. The van der Waals surface area contributed by atoms with Gasteiger partial charge in [-0.05, 0) is 17.5 Å². The highest BCUT2D eigenvalue weighted by atomic mass is 31.2. The SMILES string of the molecule is CC(Cc1ccccc1)P(=O)(O)CC(C(=O)O)c1ccccc1. The largest absolute Gasteiger partial charge is 0.481 e. The second-order valence-corrected chi connectivity index (χ2v) is 8.54. The van der Waals surface area contributed by atoms with Crippen LogP contribution in [0.3, 0.4) is 0 Å². The number of carbonyl (C=O) groups is 1. The van der Waals surface area contributed by atoms with Crippen LogP contribution in [0, 0.1) is 0 Å². The summed E-state index contributed by atoms with van der Waals surface area (Å²) in [4.78, 5) is 21.9. The summed E-state index contributed by atoms with van der Waals surface area (Å²) < 4.78 is 12.7. The van der Waals surface area contributed by atoms with Crippen molar-refractivity contribution in [2.75, 3.05) is 6.16 Å². The molecule has 2 aromatic rings. The molecule has 0 aliphatic heterocycles. The number of benzene rings is 2. The number of carboxylic acids is 1. The first kappa shape index (κ1) is 17.5. The van der Waals surface area contributed by atoms with E-state index >= 15 is 0 Å². The van der Waals surface area contributed by atoms with E-state index in [1.165, 1.54) is 0 Å². The number of rotatable bonds is 7. The van der Waals surface area contributed by atoms with Crippen molar-refractivity contribution in [1.82, 2.24) is 0 Å². The maximum Gasteiger partial charge on any atom is 0.311 e. The Hall–Kier alpha value is -1.90. The summed E-state index contributed by atoms with van der Waals surface area (Å²) in [5.41, 5.74) is 1.04. The summed E-state index contributed by atoms with van der Waals surface area (Å²) in [6.07, 6.45) is 0.204. The second kappa shape index (κ2) is 7.58. The Kier molecular flexibility index (Phi) is 5.75. The van der Waals surface area contributed by atoms with E-state index in [2.05, 4.69) is 0 Å². The zero-order valence-electron chi connectivity index (χ0n) is 13.0. The smallest absolute Gasteiger partial charge is 0.311 e. The first-order chi connectivity index (χ1) is 10.9. The minimum absolute atomic E-state index is 0.250. The van der Waals surface area contributed by atoms with Gasteiger partial charge in [0, 0.05) is 11.8 Å². The van der Waals surface area contributed by atoms with Crippen LogP contribution in [-0.2, 0) is 15.8 Å². The lowest BCUT2D eigenvalue weighted by Crippen LogP contribution is -2.20. The zero-order chi connectivity index (χ0) is 16.9. The number of hydrogen-bond acceptors (Lipinski definition) is 2. The molecule has 0 aromatic heterocycles. The molecular formula is C18H21O4P. The molecular weight excluding hydrogens is 311 g/mol. The van der Waals surface area contributed by atoms with Crippen molar-refractivity contribution < 1.29 is 19.4 Å². The third-order valence-corrected chi connectivity index (χ3v) is 6.46. The molecule has 0 aliphatic rings. The number of hydrogen-bond donors (Lipinski definition) is 2. The summed E-state index contributed by atoms with van der Waals surface area (Å²) in [5.74, 6) is -2.04.